The molecule has 2 rings (SSSR count). The largest absolute Gasteiger partial charge is 0.508 e. The molecule has 1 aromatic heterocycles. The predicted octanol–water partition coefficient (Wildman–Crippen LogP) is 2.81. The Kier molecular flexibility index (Phi) is 4.54. The number of amides is 1. The quantitative estimate of drug-likeness (QED) is 0.675. The second-order valence-electron chi connectivity index (χ2n) is 6.43. The third kappa shape index (κ3) is 3.97. The minimum Gasteiger partial charge on any atom is -0.508 e. The number of nitrogens with zero attached hydrogens (tertiary/aromatic N) is 3. The van der Waals surface area contributed by atoms with Crippen molar-refractivity contribution in [1.82, 2.24) is 15.2 Å². The maximum absolute atomic E-state index is 12.0. The van der Waals surface area contributed by atoms with Crippen LogP contribution >= 0.6 is 0 Å². The third-order valence-electron chi connectivity index (χ3n) is 3.43. The molecule has 0 saturated heterocycles. The smallest absolute Gasteiger partial charge is 0.271 e. The van der Waals surface area contributed by atoms with E-state index in [0.29, 0.717) is 11.3 Å². The molecule has 1 heterocycles. The Labute approximate surface area is 135 Å². The van der Waals surface area contributed by atoms with E-state index >= 15 is 0 Å². The number of hydrogen-bond acceptors (Lipinski definition) is 4. The lowest BCUT2D eigenvalue weighted by Crippen LogP contribution is -2.22. The van der Waals surface area contributed by atoms with E-state index in [4.69, 9.17) is 0 Å². The van der Waals surface area contributed by atoms with E-state index in [1.807, 2.05) is 24.7 Å². The molecule has 0 aliphatic carbocycles. The number of phenolic OH excluding ortho intramolecular Hbond substituents is 1. The van der Waals surface area contributed by atoms with Gasteiger partial charge in [0.15, 0.2) is 0 Å². The van der Waals surface area contributed by atoms with Crippen molar-refractivity contribution in [3.63, 3.8) is 0 Å². The fourth-order valence-electron chi connectivity index (χ4n) is 2.03. The van der Waals surface area contributed by atoms with Crippen LogP contribution in [0.1, 0.15) is 49.3 Å². The van der Waals surface area contributed by atoms with Crippen molar-refractivity contribution in [2.45, 2.75) is 40.2 Å². The van der Waals surface area contributed by atoms with Gasteiger partial charge in [-0.25, -0.2) is 5.43 Å². The number of rotatable bonds is 3. The fourth-order valence-corrected chi connectivity index (χ4v) is 2.03. The summed E-state index contributed by atoms with van der Waals surface area (Å²) in [6, 6.07) is 6.00. The number of hydrazone groups is 1. The normalized spacial score (nSPS) is 12.3. The molecule has 23 heavy (non-hydrogen) atoms. The lowest BCUT2D eigenvalue weighted by atomic mass is 10.1. The highest BCUT2D eigenvalue weighted by Gasteiger charge is 2.17. The van der Waals surface area contributed by atoms with Gasteiger partial charge in [-0.3, -0.25) is 9.48 Å². The van der Waals surface area contributed by atoms with Crippen LogP contribution in [0.25, 0.3) is 0 Å². The van der Waals surface area contributed by atoms with Gasteiger partial charge in [0.1, 0.15) is 5.75 Å². The minimum atomic E-state index is -0.329. The van der Waals surface area contributed by atoms with Gasteiger partial charge in [-0.05, 0) is 58.9 Å². The van der Waals surface area contributed by atoms with Crippen LogP contribution in [-0.4, -0.2) is 26.5 Å². The molecule has 0 radical (unpaired) electrons. The maximum Gasteiger partial charge on any atom is 0.271 e. The van der Waals surface area contributed by atoms with Gasteiger partial charge in [0.2, 0.25) is 0 Å². The minimum absolute atomic E-state index is 0.113. The van der Waals surface area contributed by atoms with E-state index < -0.39 is 0 Å². The molecule has 0 aliphatic rings. The lowest BCUT2D eigenvalue weighted by molar-refractivity contribution is 0.0955. The van der Waals surface area contributed by atoms with Crippen molar-refractivity contribution in [3.8, 4) is 5.75 Å². The molecule has 6 heteroatoms. The average molecular weight is 314 g/mol. The van der Waals surface area contributed by atoms with Gasteiger partial charge in [-0.15, -0.1) is 0 Å². The molecule has 0 atom stereocenters. The van der Waals surface area contributed by atoms with E-state index in [9.17, 15) is 9.90 Å². The zero-order chi connectivity index (χ0) is 17.2. The SMILES string of the molecule is CC(=NNC(=O)c1ccc(O)cc1)c1cn(C(C)(C)C)nc1C. The highest BCUT2D eigenvalue weighted by Crippen LogP contribution is 2.16. The van der Waals surface area contributed by atoms with Crippen molar-refractivity contribution in [1.29, 1.82) is 0 Å². The third-order valence-corrected chi connectivity index (χ3v) is 3.43. The first-order chi connectivity index (χ1) is 10.7. The number of benzene rings is 1. The van der Waals surface area contributed by atoms with Crippen LogP contribution in [-0.2, 0) is 5.54 Å². The second-order valence-corrected chi connectivity index (χ2v) is 6.43. The summed E-state index contributed by atoms with van der Waals surface area (Å²) < 4.78 is 1.89. The summed E-state index contributed by atoms with van der Waals surface area (Å²) in [5.74, 6) is -0.211. The van der Waals surface area contributed by atoms with E-state index in [1.165, 1.54) is 12.1 Å². The van der Waals surface area contributed by atoms with E-state index in [2.05, 4.69) is 36.4 Å². The number of aryl methyl sites for hydroxylation is 1. The Morgan fingerprint density at radius 1 is 1.26 bits per heavy atom. The summed E-state index contributed by atoms with van der Waals surface area (Å²) in [6.07, 6.45) is 1.93. The van der Waals surface area contributed by atoms with Gasteiger partial charge in [0, 0.05) is 17.3 Å². The van der Waals surface area contributed by atoms with Crippen molar-refractivity contribution < 1.29 is 9.90 Å². The van der Waals surface area contributed by atoms with E-state index in [-0.39, 0.29) is 17.2 Å². The topological polar surface area (TPSA) is 79.5 Å². The van der Waals surface area contributed by atoms with Crippen LogP contribution in [0.3, 0.4) is 0 Å². The molecule has 1 amide bonds. The molecule has 0 bridgehead atoms. The number of phenols is 1. The monoisotopic (exact) mass is 314 g/mol. The zero-order valence-electron chi connectivity index (χ0n) is 14.1. The molecular formula is C17H22N4O2. The second kappa shape index (κ2) is 6.24. The molecule has 0 saturated carbocycles. The standard InChI is InChI=1S/C17H22N4O2/c1-11(15-10-21(17(3,4)5)20-12(15)2)18-19-16(23)13-6-8-14(22)9-7-13/h6-10,22H,1-5H3,(H,19,23). The highest BCUT2D eigenvalue weighted by molar-refractivity contribution is 6.01. The highest BCUT2D eigenvalue weighted by atomic mass is 16.3. The first-order valence-electron chi connectivity index (χ1n) is 7.39. The molecule has 122 valence electrons. The number of carbonyl (C=O) groups excluding carboxylic acids is 1. The summed E-state index contributed by atoms with van der Waals surface area (Å²) in [7, 11) is 0. The van der Waals surface area contributed by atoms with Crippen LogP contribution in [0.15, 0.2) is 35.6 Å². The molecule has 0 unspecified atom stereocenters. The Bertz CT molecular complexity index is 737. The van der Waals surface area contributed by atoms with Crippen LogP contribution in [0, 0.1) is 6.92 Å². The van der Waals surface area contributed by atoms with Crippen molar-refractivity contribution in [2.24, 2.45) is 5.10 Å². The number of carbonyl (C=O) groups is 1. The molecule has 0 fully saturated rings. The summed E-state index contributed by atoms with van der Waals surface area (Å²) in [6.45, 7) is 9.96. The first-order valence-corrected chi connectivity index (χ1v) is 7.39. The van der Waals surface area contributed by atoms with Gasteiger partial charge in [-0.2, -0.15) is 10.2 Å². The van der Waals surface area contributed by atoms with Crippen molar-refractivity contribution in [2.75, 3.05) is 0 Å². The summed E-state index contributed by atoms with van der Waals surface area (Å²) in [4.78, 5) is 12.0. The van der Waals surface area contributed by atoms with Crippen molar-refractivity contribution in [3.05, 3.63) is 47.3 Å². The van der Waals surface area contributed by atoms with Gasteiger partial charge >= 0.3 is 0 Å². The van der Waals surface area contributed by atoms with Gasteiger partial charge in [0.05, 0.1) is 16.9 Å². The molecule has 2 aromatic rings. The molecular weight excluding hydrogens is 292 g/mol. The molecule has 0 aliphatic heterocycles. The average Bonchev–Trinajstić information content (AvgIpc) is 2.87. The lowest BCUT2D eigenvalue weighted by Gasteiger charge is -2.18. The number of hydrogen-bond donors (Lipinski definition) is 2. The van der Waals surface area contributed by atoms with Crippen LogP contribution < -0.4 is 5.43 Å². The van der Waals surface area contributed by atoms with Crippen LogP contribution in [0.2, 0.25) is 0 Å². The number of aromatic nitrogens is 2. The van der Waals surface area contributed by atoms with Gasteiger partial charge < -0.3 is 5.11 Å². The summed E-state index contributed by atoms with van der Waals surface area (Å²) >= 11 is 0. The maximum atomic E-state index is 12.0. The van der Waals surface area contributed by atoms with Gasteiger partial charge in [0.25, 0.3) is 5.91 Å². The fraction of sp³-hybridized carbons (Fsp3) is 0.353. The molecule has 1 aromatic carbocycles. The summed E-state index contributed by atoms with van der Waals surface area (Å²) in [5, 5.41) is 17.9. The predicted molar refractivity (Wildman–Crippen MR) is 89.7 cm³/mol. The number of nitrogens with one attached hydrogen (secondary N) is 1. The number of aromatic hydroxyl groups is 1. The first kappa shape index (κ1) is 16.7. The Morgan fingerprint density at radius 2 is 1.87 bits per heavy atom. The summed E-state index contributed by atoms with van der Waals surface area (Å²) in [5.41, 5.74) is 5.28. The van der Waals surface area contributed by atoms with Gasteiger partial charge in [-0.1, -0.05) is 0 Å². The van der Waals surface area contributed by atoms with E-state index in [1.54, 1.807) is 12.1 Å². The molecule has 0 spiro atoms. The Balaban J connectivity index is 2.15. The molecule has 2 N–H and O–H groups in total. The van der Waals surface area contributed by atoms with Crippen molar-refractivity contribution >= 4 is 11.6 Å². The van der Waals surface area contributed by atoms with E-state index in [0.717, 1.165) is 11.3 Å². The Hall–Kier alpha value is -2.63. The van der Waals surface area contributed by atoms with Crippen LogP contribution in [0.4, 0.5) is 0 Å². The zero-order valence-corrected chi connectivity index (χ0v) is 14.1. The Morgan fingerprint density at radius 3 is 2.39 bits per heavy atom. The van der Waals surface area contributed by atoms with Crippen LogP contribution in [0.5, 0.6) is 5.75 Å². The molecule has 6 nitrogen and oxygen atoms in total.